The van der Waals surface area contributed by atoms with Crippen molar-refractivity contribution in [1.82, 2.24) is 0 Å². The van der Waals surface area contributed by atoms with E-state index in [0.717, 1.165) is 12.4 Å². The predicted octanol–water partition coefficient (Wildman–Crippen LogP) is 3.33. The largest absolute Gasteiger partial charge is 0.382 e. The molecule has 0 spiro atoms. The molecule has 0 aliphatic carbocycles. The first-order valence-corrected chi connectivity index (χ1v) is 7.80. The Morgan fingerprint density at radius 1 is 0.611 bits per heavy atom. The van der Waals surface area contributed by atoms with Gasteiger partial charge < -0.3 is 14.2 Å². The first-order chi connectivity index (χ1) is 8.91. The number of ether oxygens (including phenoxy) is 3. The molecule has 0 saturated carbocycles. The van der Waals surface area contributed by atoms with E-state index >= 15 is 0 Å². The molecule has 0 radical (unpaired) electrons. The third-order valence-corrected chi connectivity index (χ3v) is 3.07. The molecule has 0 heterocycles. The lowest BCUT2D eigenvalue weighted by Gasteiger charge is -2.05. The van der Waals surface area contributed by atoms with Gasteiger partial charge in [0.25, 0.3) is 0 Å². The topological polar surface area (TPSA) is 27.7 Å². The van der Waals surface area contributed by atoms with Crippen molar-refractivity contribution >= 4 is 12.6 Å². The Morgan fingerprint density at radius 3 is 1.72 bits per heavy atom. The second-order valence-corrected chi connectivity index (χ2v) is 4.86. The van der Waals surface area contributed by atoms with Crippen molar-refractivity contribution in [2.45, 2.75) is 44.9 Å². The van der Waals surface area contributed by atoms with Gasteiger partial charge in [0.1, 0.15) is 0 Å². The molecule has 0 aliphatic rings. The predicted molar refractivity (Wildman–Crippen MR) is 79.7 cm³/mol. The first-order valence-electron chi connectivity index (χ1n) is 7.17. The van der Waals surface area contributed by atoms with Crippen molar-refractivity contribution in [3.63, 3.8) is 0 Å². The van der Waals surface area contributed by atoms with E-state index in [0.29, 0.717) is 26.4 Å². The van der Waals surface area contributed by atoms with Gasteiger partial charge in [-0.2, -0.15) is 12.6 Å². The normalized spacial score (nSPS) is 11.0. The Morgan fingerprint density at radius 2 is 1.11 bits per heavy atom. The summed E-state index contributed by atoms with van der Waals surface area (Å²) in [5.41, 5.74) is 0. The van der Waals surface area contributed by atoms with Gasteiger partial charge >= 0.3 is 0 Å². The maximum Gasteiger partial charge on any atom is 0.0701 e. The summed E-state index contributed by atoms with van der Waals surface area (Å²) >= 11 is 4.20. The fourth-order valence-electron chi connectivity index (χ4n) is 1.66. The summed E-state index contributed by atoms with van der Waals surface area (Å²) in [6, 6.07) is 0. The third-order valence-electron chi connectivity index (χ3n) is 2.75. The SMILES string of the molecule is COCCOCCOCCCCCCCCCS. The van der Waals surface area contributed by atoms with Crippen LogP contribution < -0.4 is 0 Å². The van der Waals surface area contributed by atoms with Gasteiger partial charge in [-0.15, -0.1) is 0 Å². The molecule has 0 aromatic carbocycles. The third kappa shape index (κ3) is 16.2. The molecular weight excluding hydrogens is 248 g/mol. The van der Waals surface area contributed by atoms with Crippen LogP contribution in [0.15, 0.2) is 0 Å². The summed E-state index contributed by atoms with van der Waals surface area (Å²) in [5.74, 6) is 1.03. The van der Waals surface area contributed by atoms with Crippen LogP contribution in [0.2, 0.25) is 0 Å². The lowest BCUT2D eigenvalue weighted by atomic mass is 10.1. The maximum absolute atomic E-state index is 5.48. The van der Waals surface area contributed by atoms with E-state index in [-0.39, 0.29) is 0 Å². The molecule has 18 heavy (non-hydrogen) atoms. The van der Waals surface area contributed by atoms with Crippen molar-refractivity contribution < 1.29 is 14.2 Å². The smallest absolute Gasteiger partial charge is 0.0701 e. The van der Waals surface area contributed by atoms with Gasteiger partial charge in [-0.25, -0.2) is 0 Å². The molecule has 0 atom stereocenters. The van der Waals surface area contributed by atoms with Crippen LogP contribution in [-0.2, 0) is 14.2 Å². The van der Waals surface area contributed by atoms with Crippen molar-refractivity contribution in [2.24, 2.45) is 0 Å². The highest BCUT2D eigenvalue weighted by molar-refractivity contribution is 7.80. The van der Waals surface area contributed by atoms with E-state index in [9.17, 15) is 0 Å². The van der Waals surface area contributed by atoms with Gasteiger partial charge in [0, 0.05) is 13.7 Å². The molecule has 0 N–H and O–H groups in total. The molecule has 0 rings (SSSR count). The summed E-state index contributed by atoms with van der Waals surface area (Å²) in [6.07, 6.45) is 9.09. The monoisotopic (exact) mass is 278 g/mol. The van der Waals surface area contributed by atoms with Crippen LogP contribution in [0.25, 0.3) is 0 Å². The van der Waals surface area contributed by atoms with Crippen LogP contribution in [0.5, 0.6) is 0 Å². The van der Waals surface area contributed by atoms with Gasteiger partial charge in [-0.1, -0.05) is 32.1 Å². The molecule has 0 bridgehead atoms. The Hall–Kier alpha value is 0.230. The van der Waals surface area contributed by atoms with Gasteiger partial charge in [-0.05, 0) is 18.6 Å². The Labute approximate surface area is 118 Å². The molecular formula is C14H30O3S. The molecule has 0 saturated heterocycles. The lowest BCUT2D eigenvalue weighted by Crippen LogP contribution is -2.08. The molecule has 0 aliphatic heterocycles. The zero-order valence-corrected chi connectivity index (χ0v) is 12.8. The number of unbranched alkanes of at least 4 members (excludes halogenated alkanes) is 6. The summed E-state index contributed by atoms with van der Waals surface area (Å²) < 4.78 is 15.7. The van der Waals surface area contributed by atoms with E-state index in [1.807, 2.05) is 0 Å². The van der Waals surface area contributed by atoms with Crippen LogP contribution in [0.1, 0.15) is 44.9 Å². The fourth-order valence-corrected chi connectivity index (χ4v) is 1.89. The van der Waals surface area contributed by atoms with Crippen molar-refractivity contribution in [3.05, 3.63) is 0 Å². The minimum atomic E-state index is 0.659. The van der Waals surface area contributed by atoms with Gasteiger partial charge in [0.05, 0.1) is 26.4 Å². The standard InChI is InChI=1S/C14H30O3S/c1-15-10-11-17-13-12-16-9-7-5-3-2-4-6-8-14-18/h18H,2-14H2,1H3. The number of methoxy groups -OCH3 is 1. The number of rotatable bonds is 15. The second-order valence-electron chi connectivity index (χ2n) is 4.42. The Balaban J connectivity index is 2.86. The van der Waals surface area contributed by atoms with E-state index in [2.05, 4.69) is 12.6 Å². The highest BCUT2D eigenvalue weighted by atomic mass is 32.1. The highest BCUT2D eigenvalue weighted by Crippen LogP contribution is 2.07. The van der Waals surface area contributed by atoms with E-state index in [1.54, 1.807) is 7.11 Å². The number of thiol groups is 1. The number of hydrogen-bond acceptors (Lipinski definition) is 4. The van der Waals surface area contributed by atoms with Crippen LogP contribution in [-0.4, -0.2) is 45.9 Å². The molecule has 4 heteroatoms. The van der Waals surface area contributed by atoms with Crippen molar-refractivity contribution in [2.75, 3.05) is 45.9 Å². The molecule has 110 valence electrons. The quantitative estimate of drug-likeness (QED) is 0.368. The van der Waals surface area contributed by atoms with Crippen LogP contribution in [0.4, 0.5) is 0 Å². The minimum absolute atomic E-state index is 0.659. The highest BCUT2D eigenvalue weighted by Gasteiger charge is 1.93. The van der Waals surface area contributed by atoms with Gasteiger partial charge in [0.15, 0.2) is 0 Å². The van der Waals surface area contributed by atoms with E-state index in [1.165, 1.54) is 44.9 Å². The van der Waals surface area contributed by atoms with Crippen LogP contribution >= 0.6 is 12.6 Å². The molecule has 3 nitrogen and oxygen atoms in total. The number of hydrogen-bond donors (Lipinski definition) is 1. The fraction of sp³-hybridized carbons (Fsp3) is 1.00. The van der Waals surface area contributed by atoms with Crippen molar-refractivity contribution in [1.29, 1.82) is 0 Å². The summed E-state index contributed by atoms with van der Waals surface area (Å²) in [4.78, 5) is 0. The minimum Gasteiger partial charge on any atom is -0.382 e. The molecule has 0 fully saturated rings. The summed E-state index contributed by atoms with van der Waals surface area (Å²) in [6.45, 7) is 3.56. The second kappa shape index (κ2) is 17.2. The average Bonchev–Trinajstić information content (AvgIpc) is 2.39. The lowest BCUT2D eigenvalue weighted by molar-refractivity contribution is 0.0239. The summed E-state index contributed by atoms with van der Waals surface area (Å²) in [7, 11) is 1.68. The maximum atomic E-state index is 5.48. The van der Waals surface area contributed by atoms with E-state index in [4.69, 9.17) is 14.2 Å². The molecule has 0 aromatic rings. The van der Waals surface area contributed by atoms with Crippen LogP contribution in [0.3, 0.4) is 0 Å². The van der Waals surface area contributed by atoms with E-state index < -0.39 is 0 Å². The zero-order valence-electron chi connectivity index (χ0n) is 11.9. The van der Waals surface area contributed by atoms with Crippen molar-refractivity contribution in [3.8, 4) is 0 Å². The summed E-state index contributed by atoms with van der Waals surface area (Å²) in [5, 5.41) is 0. The molecule has 0 unspecified atom stereocenters. The molecule has 0 aromatic heterocycles. The van der Waals surface area contributed by atoms with Crippen LogP contribution in [0, 0.1) is 0 Å². The Kier molecular flexibility index (Phi) is 17.5. The van der Waals surface area contributed by atoms with Gasteiger partial charge in [0.2, 0.25) is 0 Å². The average molecular weight is 278 g/mol. The molecule has 0 amide bonds. The zero-order chi connectivity index (χ0) is 13.3. The Bertz CT molecular complexity index is 129. The first kappa shape index (κ1) is 18.2. The van der Waals surface area contributed by atoms with Gasteiger partial charge in [-0.3, -0.25) is 0 Å².